The third kappa shape index (κ3) is 4.90. The number of nitrogens with one attached hydrogen (secondary N) is 2. The molecule has 1 amide bonds. The molecule has 0 saturated heterocycles. The third-order valence-electron chi connectivity index (χ3n) is 2.19. The van der Waals surface area contributed by atoms with Crippen LogP contribution in [0.2, 0.25) is 0 Å². The monoisotopic (exact) mass is 284 g/mol. The minimum Gasteiger partial charge on any atom is -0.444 e. The first-order chi connectivity index (χ1) is 8.49. The molecule has 0 aliphatic heterocycles. The molecular formula is C13H20N2O3S. The van der Waals surface area contributed by atoms with Gasteiger partial charge in [0.1, 0.15) is 5.60 Å². The SMILES string of the molecule is Cc1ccc(S(C)(=N)=O)c(NC(=O)OC(C)(C)C)c1. The van der Waals surface area contributed by atoms with Gasteiger partial charge in [-0.3, -0.25) is 5.32 Å². The summed E-state index contributed by atoms with van der Waals surface area (Å²) in [6.45, 7) is 7.14. The molecule has 0 spiro atoms. The Kier molecular flexibility index (Phi) is 4.25. The van der Waals surface area contributed by atoms with Crippen LogP contribution in [0.15, 0.2) is 23.1 Å². The van der Waals surface area contributed by atoms with Crippen molar-refractivity contribution in [3.8, 4) is 0 Å². The van der Waals surface area contributed by atoms with E-state index in [4.69, 9.17) is 9.52 Å². The van der Waals surface area contributed by atoms with Crippen molar-refractivity contribution < 1.29 is 13.7 Å². The van der Waals surface area contributed by atoms with Crippen LogP contribution in [0.1, 0.15) is 26.3 Å². The van der Waals surface area contributed by atoms with Crippen molar-refractivity contribution in [3.05, 3.63) is 23.8 Å². The van der Waals surface area contributed by atoms with Crippen LogP contribution in [-0.2, 0) is 14.5 Å². The summed E-state index contributed by atoms with van der Waals surface area (Å²) in [6.07, 6.45) is 0.695. The summed E-state index contributed by atoms with van der Waals surface area (Å²) in [5.74, 6) is 0. The maximum absolute atomic E-state index is 11.9. The Morgan fingerprint density at radius 2 is 1.95 bits per heavy atom. The van der Waals surface area contributed by atoms with E-state index in [-0.39, 0.29) is 0 Å². The number of anilines is 1. The standard InChI is InChI=1S/C13H20N2O3S/c1-9-6-7-11(19(5,14)17)10(8-9)15-12(16)18-13(2,3)4/h6-8,14H,1-5H3,(H,15,16). The Balaban J connectivity index is 3.07. The van der Waals surface area contributed by atoms with Crippen LogP contribution < -0.4 is 5.32 Å². The summed E-state index contributed by atoms with van der Waals surface area (Å²) >= 11 is 0. The summed E-state index contributed by atoms with van der Waals surface area (Å²) < 4.78 is 24.7. The number of hydrogen-bond acceptors (Lipinski definition) is 4. The molecular weight excluding hydrogens is 264 g/mol. The molecule has 0 radical (unpaired) electrons. The Labute approximate surface area is 114 Å². The lowest BCUT2D eigenvalue weighted by Gasteiger charge is -2.20. The zero-order chi connectivity index (χ0) is 14.8. The average molecular weight is 284 g/mol. The molecule has 0 aliphatic rings. The van der Waals surface area contributed by atoms with E-state index in [2.05, 4.69) is 5.32 Å². The second kappa shape index (κ2) is 5.21. The van der Waals surface area contributed by atoms with Gasteiger partial charge in [0.05, 0.1) is 20.3 Å². The van der Waals surface area contributed by atoms with Gasteiger partial charge in [-0.15, -0.1) is 0 Å². The Morgan fingerprint density at radius 1 is 1.37 bits per heavy atom. The largest absolute Gasteiger partial charge is 0.444 e. The highest BCUT2D eigenvalue weighted by Crippen LogP contribution is 2.23. The molecule has 2 N–H and O–H groups in total. The van der Waals surface area contributed by atoms with E-state index >= 15 is 0 Å². The first kappa shape index (κ1) is 15.5. The molecule has 106 valence electrons. The second-order valence-corrected chi connectivity index (χ2v) is 7.60. The van der Waals surface area contributed by atoms with Gasteiger partial charge in [-0.2, -0.15) is 0 Å². The summed E-state index contributed by atoms with van der Waals surface area (Å²) in [5, 5.41) is 2.55. The first-order valence-electron chi connectivity index (χ1n) is 5.83. The van der Waals surface area contributed by atoms with Gasteiger partial charge in [-0.1, -0.05) is 6.07 Å². The number of aryl methyl sites for hydroxylation is 1. The van der Waals surface area contributed by atoms with Gasteiger partial charge in [-0.25, -0.2) is 13.8 Å². The smallest absolute Gasteiger partial charge is 0.412 e. The molecule has 0 fully saturated rings. The zero-order valence-electron chi connectivity index (χ0n) is 11.9. The van der Waals surface area contributed by atoms with Crippen molar-refractivity contribution in [1.29, 1.82) is 4.78 Å². The molecule has 19 heavy (non-hydrogen) atoms. The van der Waals surface area contributed by atoms with Crippen LogP contribution in [0.25, 0.3) is 0 Å². The van der Waals surface area contributed by atoms with Crippen molar-refractivity contribution >= 4 is 21.5 Å². The maximum Gasteiger partial charge on any atom is 0.412 e. The third-order valence-corrected chi connectivity index (χ3v) is 3.39. The number of ether oxygens (including phenoxy) is 1. The van der Waals surface area contributed by atoms with Crippen molar-refractivity contribution in [2.75, 3.05) is 11.6 Å². The van der Waals surface area contributed by atoms with Crippen LogP contribution >= 0.6 is 0 Å². The number of hydrogen-bond donors (Lipinski definition) is 2. The molecule has 1 aromatic rings. The molecule has 0 aliphatic carbocycles. The summed E-state index contributed by atoms with van der Waals surface area (Å²) in [7, 11) is -2.91. The molecule has 5 nitrogen and oxygen atoms in total. The van der Waals surface area contributed by atoms with E-state index in [0.29, 0.717) is 10.6 Å². The predicted molar refractivity (Wildman–Crippen MR) is 76.1 cm³/mol. The number of carbonyl (C=O) groups is 1. The first-order valence-corrected chi connectivity index (χ1v) is 7.80. The van der Waals surface area contributed by atoms with Gasteiger partial charge in [0.15, 0.2) is 0 Å². The minimum atomic E-state index is -2.91. The average Bonchev–Trinajstić information content (AvgIpc) is 2.11. The molecule has 1 aromatic carbocycles. The van der Waals surface area contributed by atoms with E-state index in [9.17, 15) is 9.00 Å². The van der Waals surface area contributed by atoms with Gasteiger partial charge in [0.2, 0.25) is 0 Å². The molecule has 0 saturated carbocycles. The molecule has 1 atom stereocenters. The quantitative estimate of drug-likeness (QED) is 0.873. The predicted octanol–water partition coefficient (Wildman–Crippen LogP) is 3.38. The number of amides is 1. The van der Waals surface area contributed by atoms with Crippen LogP contribution in [0, 0.1) is 11.7 Å². The molecule has 0 bridgehead atoms. The fourth-order valence-electron chi connectivity index (χ4n) is 1.49. The van der Waals surface area contributed by atoms with Gasteiger partial charge >= 0.3 is 6.09 Å². The summed E-state index contributed by atoms with van der Waals surface area (Å²) in [4.78, 5) is 12.0. The minimum absolute atomic E-state index is 0.295. The van der Waals surface area contributed by atoms with E-state index in [1.807, 2.05) is 6.92 Å². The van der Waals surface area contributed by atoms with E-state index < -0.39 is 21.4 Å². The number of carbonyl (C=O) groups excluding carboxylic acids is 1. The lowest BCUT2D eigenvalue weighted by molar-refractivity contribution is 0.0635. The van der Waals surface area contributed by atoms with Crippen LogP contribution in [0.5, 0.6) is 0 Å². The van der Waals surface area contributed by atoms with E-state index in [1.54, 1.807) is 39.0 Å². The molecule has 1 rings (SSSR count). The van der Waals surface area contributed by atoms with Crippen molar-refractivity contribution in [2.24, 2.45) is 0 Å². The molecule has 0 heterocycles. The van der Waals surface area contributed by atoms with E-state index in [1.165, 1.54) is 6.26 Å². The van der Waals surface area contributed by atoms with Crippen molar-refractivity contribution in [1.82, 2.24) is 0 Å². The lowest BCUT2D eigenvalue weighted by Crippen LogP contribution is -2.27. The number of rotatable bonds is 2. The van der Waals surface area contributed by atoms with Gasteiger partial charge < -0.3 is 4.74 Å². The molecule has 0 aromatic heterocycles. The maximum atomic E-state index is 11.9. The van der Waals surface area contributed by atoms with Crippen LogP contribution in [0.4, 0.5) is 10.5 Å². The highest BCUT2D eigenvalue weighted by atomic mass is 32.2. The van der Waals surface area contributed by atoms with Crippen LogP contribution in [-0.4, -0.2) is 22.2 Å². The van der Waals surface area contributed by atoms with Gasteiger partial charge in [-0.05, 0) is 45.4 Å². The Morgan fingerprint density at radius 3 is 2.42 bits per heavy atom. The Hall–Kier alpha value is -1.56. The fourth-order valence-corrected chi connectivity index (χ4v) is 2.35. The fraction of sp³-hybridized carbons (Fsp3) is 0.462. The van der Waals surface area contributed by atoms with E-state index in [0.717, 1.165) is 5.56 Å². The topological polar surface area (TPSA) is 79.3 Å². The highest BCUT2D eigenvalue weighted by molar-refractivity contribution is 7.91. The lowest BCUT2D eigenvalue weighted by atomic mass is 10.2. The summed E-state index contributed by atoms with van der Waals surface area (Å²) in [5.41, 5.74) is 0.651. The van der Waals surface area contributed by atoms with Gasteiger partial charge in [0.25, 0.3) is 0 Å². The Bertz CT molecular complexity index is 586. The molecule has 1 unspecified atom stereocenters. The van der Waals surface area contributed by atoms with Crippen LogP contribution in [0.3, 0.4) is 0 Å². The van der Waals surface area contributed by atoms with Crippen molar-refractivity contribution in [3.63, 3.8) is 0 Å². The number of benzene rings is 1. The normalized spacial score (nSPS) is 14.6. The highest BCUT2D eigenvalue weighted by Gasteiger charge is 2.18. The van der Waals surface area contributed by atoms with Crippen molar-refractivity contribution in [2.45, 2.75) is 38.2 Å². The zero-order valence-corrected chi connectivity index (χ0v) is 12.7. The van der Waals surface area contributed by atoms with Gasteiger partial charge in [0, 0.05) is 6.26 Å². The summed E-state index contributed by atoms with van der Waals surface area (Å²) in [6, 6.07) is 5.03. The molecule has 6 heteroatoms. The second-order valence-electron chi connectivity index (χ2n) is 5.47.